The number of carboxylic acids is 1. The number of hydrogen-bond donors (Lipinski definition) is 3. The molecule has 1 aromatic rings. The number of carbonyl (C=O) groups is 2. The molecule has 0 saturated heterocycles. The number of benzene rings is 1. The summed E-state index contributed by atoms with van der Waals surface area (Å²) in [6, 6.07) is 5.24. The maximum absolute atomic E-state index is 12.1. The Hall–Kier alpha value is -2.24. The van der Waals surface area contributed by atoms with E-state index in [1.807, 2.05) is 6.92 Å². The predicted octanol–water partition coefficient (Wildman–Crippen LogP) is 1.58. The fourth-order valence-corrected chi connectivity index (χ4v) is 2.25. The van der Waals surface area contributed by atoms with Gasteiger partial charge in [-0.15, -0.1) is 0 Å². The van der Waals surface area contributed by atoms with Crippen LogP contribution in [-0.4, -0.2) is 45.7 Å². The second kappa shape index (κ2) is 6.47. The van der Waals surface area contributed by atoms with Gasteiger partial charge in [-0.25, -0.2) is 9.59 Å². The van der Waals surface area contributed by atoms with Crippen molar-refractivity contribution in [2.75, 3.05) is 6.54 Å². The maximum Gasteiger partial charge on any atom is 0.326 e. The lowest BCUT2D eigenvalue weighted by Gasteiger charge is -2.23. The highest BCUT2D eigenvalue weighted by Gasteiger charge is 2.33. The Morgan fingerprint density at radius 3 is 2.43 bits per heavy atom. The van der Waals surface area contributed by atoms with Crippen LogP contribution < -0.4 is 5.32 Å². The Balaban J connectivity index is 1.99. The molecule has 0 aromatic heterocycles. The van der Waals surface area contributed by atoms with E-state index >= 15 is 0 Å². The van der Waals surface area contributed by atoms with Gasteiger partial charge in [-0.1, -0.05) is 12.1 Å². The minimum atomic E-state index is -1.07. The van der Waals surface area contributed by atoms with Crippen LogP contribution in [0.4, 0.5) is 4.79 Å². The molecule has 1 saturated carbocycles. The second-order valence-corrected chi connectivity index (χ2v) is 5.23. The third kappa shape index (κ3) is 4.11. The smallest absolute Gasteiger partial charge is 0.326 e. The van der Waals surface area contributed by atoms with Gasteiger partial charge in [-0.3, -0.25) is 0 Å². The average Bonchev–Trinajstić information content (AvgIpc) is 3.26. The van der Waals surface area contributed by atoms with E-state index in [-0.39, 0.29) is 24.2 Å². The van der Waals surface area contributed by atoms with Crippen LogP contribution in [0, 0.1) is 0 Å². The van der Waals surface area contributed by atoms with Crippen LogP contribution >= 0.6 is 0 Å². The number of hydrogen-bond acceptors (Lipinski definition) is 3. The van der Waals surface area contributed by atoms with E-state index in [0.29, 0.717) is 6.54 Å². The summed E-state index contributed by atoms with van der Waals surface area (Å²) in [7, 11) is 0. The number of amides is 2. The average molecular weight is 292 g/mol. The van der Waals surface area contributed by atoms with E-state index in [1.165, 1.54) is 12.1 Å². The van der Waals surface area contributed by atoms with Crippen LogP contribution in [0.1, 0.15) is 25.3 Å². The van der Waals surface area contributed by atoms with E-state index in [0.717, 1.165) is 18.4 Å². The van der Waals surface area contributed by atoms with Gasteiger partial charge < -0.3 is 20.4 Å². The third-order valence-electron chi connectivity index (χ3n) is 3.56. The molecule has 0 bridgehead atoms. The summed E-state index contributed by atoms with van der Waals surface area (Å²) in [5.41, 5.74) is 0.745. The standard InChI is InChI=1S/C15H20N2O4/c1-2-17(11-5-6-11)15(21)16-13(14(19)20)9-10-3-7-12(18)8-4-10/h3-4,7-8,11,13,18H,2,5-6,9H2,1H3,(H,16,21)(H,19,20)/t13-/m1/s1. The first-order valence-electron chi connectivity index (χ1n) is 7.09. The molecule has 1 aliphatic carbocycles. The summed E-state index contributed by atoms with van der Waals surface area (Å²) < 4.78 is 0. The molecule has 6 heteroatoms. The molecule has 0 unspecified atom stereocenters. The third-order valence-corrected chi connectivity index (χ3v) is 3.56. The monoisotopic (exact) mass is 292 g/mol. The van der Waals surface area contributed by atoms with E-state index in [9.17, 15) is 19.8 Å². The number of phenolic OH excluding ortho intramolecular Hbond substituents is 1. The van der Waals surface area contributed by atoms with Crippen molar-refractivity contribution >= 4 is 12.0 Å². The Morgan fingerprint density at radius 1 is 1.33 bits per heavy atom. The van der Waals surface area contributed by atoms with E-state index in [4.69, 9.17) is 0 Å². The number of phenols is 1. The molecule has 114 valence electrons. The molecule has 3 N–H and O–H groups in total. The van der Waals surface area contributed by atoms with Gasteiger partial charge in [-0.2, -0.15) is 0 Å². The van der Waals surface area contributed by atoms with E-state index < -0.39 is 12.0 Å². The fourth-order valence-electron chi connectivity index (χ4n) is 2.25. The summed E-state index contributed by atoms with van der Waals surface area (Å²) >= 11 is 0. The molecule has 1 aromatic carbocycles. The highest BCUT2D eigenvalue weighted by molar-refractivity contribution is 5.83. The van der Waals surface area contributed by atoms with Gasteiger partial charge in [-0.05, 0) is 37.5 Å². The van der Waals surface area contributed by atoms with Crippen molar-refractivity contribution in [3.05, 3.63) is 29.8 Å². The first-order chi connectivity index (χ1) is 10.0. The highest BCUT2D eigenvalue weighted by atomic mass is 16.4. The number of aliphatic carboxylic acids is 1. The first kappa shape index (κ1) is 15.2. The van der Waals surface area contributed by atoms with E-state index in [1.54, 1.807) is 17.0 Å². The normalized spacial score (nSPS) is 15.3. The van der Waals surface area contributed by atoms with Crippen LogP contribution in [0.5, 0.6) is 5.75 Å². The molecule has 21 heavy (non-hydrogen) atoms. The number of urea groups is 1. The summed E-state index contributed by atoms with van der Waals surface area (Å²) in [6.45, 7) is 2.45. The van der Waals surface area contributed by atoms with E-state index in [2.05, 4.69) is 5.32 Å². The molecule has 0 radical (unpaired) electrons. The molecule has 0 heterocycles. The number of aromatic hydroxyl groups is 1. The molecule has 1 aliphatic rings. The topological polar surface area (TPSA) is 89.9 Å². The zero-order chi connectivity index (χ0) is 15.4. The van der Waals surface area contributed by atoms with Crippen molar-refractivity contribution in [1.82, 2.24) is 10.2 Å². The summed E-state index contributed by atoms with van der Waals surface area (Å²) in [5, 5.41) is 21.1. The van der Waals surface area contributed by atoms with Crippen molar-refractivity contribution in [3.63, 3.8) is 0 Å². The van der Waals surface area contributed by atoms with Crippen LogP contribution in [0.3, 0.4) is 0 Å². The lowest BCUT2D eigenvalue weighted by Crippen LogP contribution is -2.49. The van der Waals surface area contributed by atoms with Crippen LogP contribution in [0.25, 0.3) is 0 Å². The summed E-state index contributed by atoms with van der Waals surface area (Å²) in [6.07, 6.45) is 2.15. The van der Waals surface area contributed by atoms with Gasteiger partial charge in [0.25, 0.3) is 0 Å². The molecule has 1 atom stereocenters. The van der Waals surface area contributed by atoms with Crippen molar-refractivity contribution in [3.8, 4) is 5.75 Å². The maximum atomic E-state index is 12.1. The number of rotatable bonds is 6. The molecular weight excluding hydrogens is 272 g/mol. The van der Waals surface area contributed by atoms with Crippen molar-refractivity contribution in [2.24, 2.45) is 0 Å². The first-order valence-corrected chi connectivity index (χ1v) is 7.09. The zero-order valence-corrected chi connectivity index (χ0v) is 12.0. The van der Waals surface area contributed by atoms with Crippen molar-refractivity contribution < 1.29 is 19.8 Å². The number of nitrogens with zero attached hydrogens (tertiary/aromatic N) is 1. The predicted molar refractivity (Wildman–Crippen MR) is 77.2 cm³/mol. The summed E-state index contributed by atoms with van der Waals surface area (Å²) in [4.78, 5) is 25.1. The highest BCUT2D eigenvalue weighted by Crippen LogP contribution is 2.26. The molecule has 1 fully saturated rings. The Kier molecular flexibility index (Phi) is 4.67. The van der Waals surface area contributed by atoms with Crippen LogP contribution in [-0.2, 0) is 11.2 Å². The number of nitrogens with one attached hydrogen (secondary N) is 1. The molecule has 2 amide bonds. The number of carboxylic acid groups (broad SMARTS) is 1. The second-order valence-electron chi connectivity index (χ2n) is 5.23. The fraction of sp³-hybridized carbons (Fsp3) is 0.467. The Labute approximate surface area is 123 Å². The molecule has 0 aliphatic heterocycles. The van der Waals surface area contributed by atoms with Gasteiger partial charge >= 0.3 is 12.0 Å². The lowest BCUT2D eigenvalue weighted by atomic mass is 10.1. The molecule has 6 nitrogen and oxygen atoms in total. The Morgan fingerprint density at radius 2 is 1.95 bits per heavy atom. The van der Waals surface area contributed by atoms with Gasteiger partial charge in [0, 0.05) is 19.0 Å². The minimum absolute atomic E-state index is 0.126. The van der Waals surface area contributed by atoms with Crippen LogP contribution in [0.15, 0.2) is 24.3 Å². The van der Waals surface area contributed by atoms with Crippen molar-refractivity contribution in [2.45, 2.75) is 38.3 Å². The van der Waals surface area contributed by atoms with Crippen LogP contribution in [0.2, 0.25) is 0 Å². The lowest BCUT2D eigenvalue weighted by molar-refractivity contribution is -0.139. The van der Waals surface area contributed by atoms with Gasteiger partial charge in [0.1, 0.15) is 11.8 Å². The Bertz CT molecular complexity index is 511. The molecular formula is C15H20N2O4. The SMILES string of the molecule is CCN(C(=O)N[C@H](Cc1ccc(O)cc1)C(=O)O)C1CC1. The largest absolute Gasteiger partial charge is 0.508 e. The quantitative estimate of drug-likeness (QED) is 0.742. The van der Waals surface area contributed by atoms with Crippen molar-refractivity contribution in [1.29, 1.82) is 0 Å². The van der Waals surface area contributed by atoms with Gasteiger partial charge in [0.15, 0.2) is 0 Å². The summed E-state index contributed by atoms with van der Waals surface area (Å²) in [5.74, 6) is -0.941. The number of carbonyl (C=O) groups excluding carboxylic acids is 1. The molecule has 2 rings (SSSR count). The molecule has 0 spiro atoms. The van der Waals surface area contributed by atoms with Gasteiger partial charge in [0.2, 0.25) is 0 Å². The van der Waals surface area contributed by atoms with Gasteiger partial charge in [0.05, 0.1) is 0 Å². The zero-order valence-electron chi connectivity index (χ0n) is 12.0. The minimum Gasteiger partial charge on any atom is -0.508 e.